The Balaban J connectivity index is 1.42. The molecule has 3 aromatic rings. The van der Waals surface area contributed by atoms with E-state index in [1.807, 2.05) is 25.4 Å². The van der Waals surface area contributed by atoms with Gasteiger partial charge in [0.25, 0.3) is 0 Å². The molecule has 5 nitrogen and oxygen atoms in total. The van der Waals surface area contributed by atoms with Crippen LogP contribution in [-0.4, -0.2) is 36.4 Å². The molecule has 0 atom stereocenters. The second kappa shape index (κ2) is 8.30. The van der Waals surface area contributed by atoms with Crippen LogP contribution in [0.4, 0.5) is 0 Å². The standard InChI is InChI=1S/C23H25N3O2/c1-3-17(14-24-2)20-12-18-15-25-19(13-21(18)26-20)6-4-5-16-7-8-22-23(11-16)28-10-9-27-22/h3,7-8,11-15,26H,4-6,9-10H2,1-2H3/b17-3+,24-14?. The van der Waals surface area contributed by atoms with Crippen LogP contribution in [0.2, 0.25) is 0 Å². The Hall–Kier alpha value is -3.08. The summed E-state index contributed by atoms with van der Waals surface area (Å²) in [4.78, 5) is 12.2. The van der Waals surface area contributed by atoms with Crippen molar-refractivity contribution in [1.82, 2.24) is 9.97 Å². The first-order valence-corrected chi connectivity index (χ1v) is 9.72. The van der Waals surface area contributed by atoms with Crippen molar-refractivity contribution in [3.63, 3.8) is 0 Å². The Morgan fingerprint density at radius 3 is 2.82 bits per heavy atom. The van der Waals surface area contributed by atoms with Gasteiger partial charge in [-0.1, -0.05) is 12.1 Å². The number of fused-ring (bicyclic) bond motifs is 2. The summed E-state index contributed by atoms with van der Waals surface area (Å²) < 4.78 is 11.3. The fourth-order valence-corrected chi connectivity index (χ4v) is 3.52. The third-order valence-corrected chi connectivity index (χ3v) is 4.96. The highest BCUT2D eigenvalue weighted by molar-refractivity contribution is 6.10. The largest absolute Gasteiger partial charge is 0.486 e. The van der Waals surface area contributed by atoms with E-state index in [0.717, 1.165) is 58.6 Å². The second-order valence-electron chi connectivity index (χ2n) is 6.91. The van der Waals surface area contributed by atoms with E-state index in [2.05, 4.69) is 45.3 Å². The molecule has 0 fully saturated rings. The van der Waals surface area contributed by atoms with Crippen LogP contribution in [0.25, 0.3) is 16.5 Å². The zero-order valence-corrected chi connectivity index (χ0v) is 16.4. The minimum Gasteiger partial charge on any atom is -0.486 e. The number of aliphatic imine (C=N–C) groups is 1. The normalized spacial score (nSPS) is 14.1. The molecule has 0 amide bonds. The van der Waals surface area contributed by atoms with Gasteiger partial charge in [-0.2, -0.15) is 0 Å². The first-order valence-electron chi connectivity index (χ1n) is 9.72. The molecule has 0 bridgehead atoms. The summed E-state index contributed by atoms with van der Waals surface area (Å²) in [5.41, 5.74) is 5.63. The van der Waals surface area contributed by atoms with Gasteiger partial charge in [0, 0.05) is 47.3 Å². The van der Waals surface area contributed by atoms with Crippen molar-refractivity contribution in [2.75, 3.05) is 20.3 Å². The average molecular weight is 375 g/mol. The number of allylic oxidation sites excluding steroid dienone is 2. The SMILES string of the molecule is C/C=C(\C=NC)c1cc2cnc(CCCc3ccc4c(c3)OCCO4)cc2[nH]1. The number of H-pyrrole nitrogens is 1. The lowest BCUT2D eigenvalue weighted by atomic mass is 10.1. The Bertz CT molecular complexity index is 1030. The van der Waals surface area contributed by atoms with Gasteiger partial charge < -0.3 is 14.5 Å². The molecule has 2 aromatic heterocycles. The van der Waals surface area contributed by atoms with Crippen molar-refractivity contribution < 1.29 is 9.47 Å². The molecule has 0 saturated carbocycles. The minimum atomic E-state index is 0.623. The first-order chi connectivity index (χ1) is 13.8. The van der Waals surface area contributed by atoms with E-state index in [-0.39, 0.29) is 0 Å². The Kier molecular flexibility index (Phi) is 5.42. The summed E-state index contributed by atoms with van der Waals surface area (Å²) in [5.74, 6) is 1.70. The van der Waals surface area contributed by atoms with E-state index >= 15 is 0 Å². The number of aromatic amines is 1. The van der Waals surface area contributed by atoms with Crippen LogP contribution in [0.3, 0.4) is 0 Å². The maximum atomic E-state index is 5.67. The van der Waals surface area contributed by atoms with Crippen LogP contribution in [0.1, 0.15) is 30.3 Å². The number of aryl methyl sites for hydroxylation is 2. The van der Waals surface area contributed by atoms with Gasteiger partial charge in [-0.15, -0.1) is 0 Å². The molecule has 1 aliphatic heterocycles. The van der Waals surface area contributed by atoms with Crippen molar-refractivity contribution in [3.8, 4) is 11.5 Å². The maximum Gasteiger partial charge on any atom is 0.161 e. The molecule has 1 N–H and O–H groups in total. The second-order valence-corrected chi connectivity index (χ2v) is 6.91. The van der Waals surface area contributed by atoms with Gasteiger partial charge in [-0.05, 0) is 56.0 Å². The van der Waals surface area contributed by atoms with E-state index in [9.17, 15) is 0 Å². The number of ether oxygens (including phenoxy) is 2. The van der Waals surface area contributed by atoms with Gasteiger partial charge in [-0.3, -0.25) is 9.98 Å². The van der Waals surface area contributed by atoms with E-state index < -0.39 is 0 Å². The fraction of sp³-hybridized carbons (Fsp3) is 0.304. The molecular formula is C23H25N3O2. The smallest absolute Gasteiger partial charge is 0.161 e. The van der Waals surface area contributed by atoms with E-state index in [1.165, 1.54) is 5.56 Å². The number of nitrogens with one attached hydrogen (secondary N) is 1. The topological polar surface area (TPSA) is 59.5 Å². The van der Waals surface area contributed by atoms with Gasteiger partial charge >= 0.3 is 0 Å². The number of rotatable bonds is 6. The van der Waals surface area contributed by atoms with Gasteiger partial charge in [0.15, 0.2) is 11.5 Å². The molecule has 1 aliphatic rings. The summed E-state index contributed by atoms with van der Waals surface area (Å²) >= 11 is 0. The summed E-state index contributed by atoms with van der Waals surface area (Å²) in [6.07, 6.45) is 8.83. The summed E-state index contributed by atoms with van der Waals surface area (Å²) in [6, 6.07) is 10.5. The van der Waals surface area contributed by atoms with Gasteiger partial charge in [-0.25, -0.2) is 0 Å². The molecular weight excluding hydrogens is 350 g/mol. The zero-order chi connectivity index (χ0) is 19.3. The maximum absolute atomic E-state index is 5.67. The Labute approximate surface area is 165 Å². The summed E-state index contributed by atoms with van der Waals surface area (Å²) in [5, 5.41) is 1.12. The van der Waals surface area contributed by atoms with E-state index in [4.69, 9.17) is 9.47 Å². The van der Waals surface area contributed by atoms with Gasteiger partial charge in [0.1, 0.15) is 13.2 Å². The molecule has 3 heterocycles. The third kappa shape index (κ3) is 3.93. The number of benzene rings is 1. The highest BCUT2D eigenvalue weighted by Crippen LogP contribution is 2.31. The molecule has 28 heavy (non-hydrogen) atoms. The van der Waals surface area contributed by atoms with Crippen molar-refractivity contribution in [3.05, 3.63) is 59.6 Å². The number of nitrogens with zero attached hydrogens (tertiary/aromatic N) is 2. The van der Waals surface area contributed by atoms with Gasteiger partial charge in [0.2, 0.25) is 0 Å². The molecule has 5 heteroatoms. The highest BCUT2D eigenvalue weighted by atomic mass is 16.6. The van der Waals surface area contributed by atoms with Crippen LogP contribution in [-0.2, 0) is 12.8 Å². The number of pyridine rings is 1. The van der Waals surface area contributed by atoms with Crippen LogP contribution < -0.4 is 9.47 Å². The quantitative estimate of drug-likeness (QED) is 0.640. The van der Waals surface area contributed by atoms with Crippen LogP contribution in [0.5, 0.6) is 11.5 Å². The summed E-state index contributed by atoms with van der Waals surface area (Å²) in [6.45, 7) is 3.27. The Morgan fingerprint density at radius 2 is 2.00 bits per heavy atom. The van der Waals surface area contributed by atoms with Gasteiger partial charge in [0.05, 0.1) is 0 Å². The number of aromatic nitrogens is 2. The van der Waals surface area contributed by atoms with Crippen molar-refractivity contribution in [1.29, 1.82) is 0 Å². The molecule has 0 radical (unpaired) electrons. The molecule has 0 saturated heterocycles. The monoisotopic (exact) mass is 375 g/mol. The average Bonchev–Trinajstić information content (AvgIpc) is 3.15. The molecule has 0 unspecified atom stereocenters. The minimum absolute atomic E-state index is 0.623. The lowest BCUT2D eigenvalue weighted by molar-refractivity contribution is 0.171. The number of hydrogen-bond donors (Lipinski definition) is 1. The van der Waals surface area contributed by atoms with E-state index in [1.54, 1.807) is 7.05 Å². The lowest BCUT2D eigenvalue weighted by Gasteiger charge is -2.18. The Morgan fingerprint density at radius 1 is 1.14 bits per heavy atom. The molecule has 0 spiro atoms. The summed E-state index contributed by atoms with van der Waals surface area (Å²) in [7, 11) is 1.79. The van der Waals surface area contributed by atoms with Crippen molar-refractivity contribution >= 4 is 22.7 Å². The first kappa shape index (κ1) is 18.3. The van der Waals surface area contributed by atoms with Crippen molar-refractivity contribution in [2.45, 2.75) is 26.2 Å². The zero-order valence-electron chi connectivity index (χ0n) is 16.4. The predicted octanol–water partition coefficient (Wildman–Crippen LogP) is 4.61. The van der Waals surface area contributed by atoms with Crippen molar-refractivity contribution in [2.24, 2.45) is 4.99 Å². The van der Waals surface area contributed by atoms with Crippen LogP contribution in [0, 0.1) is 0 Å². The number of hydrogen-bond acceptors (Lipinski definition) is 4. The molecule has 1 aromatic carbocycles. The third-order valence-electron chi connectivity index (χ3n) is 4.96. The molecule has 0 aliphatic carbocycles. The lowest BCUT2D eigenvalue weighted by Crippen LogP contribution is -2.15. The van der Waals surface area contributed by atoms with Crippen LogP contribution in [0.15, 0.2) is 47.6 Å². The fourth-order valence-electron chi connectivity index (χ4n) is 3.52. The highest BCUT2D eigenvalue weighted by Gasteiger charge is 2.11. The van der Waals surface area contributed by atoms with E-state index in [0.29, 0.717) is 13.2 Å². The predicted molar refractivity (Wildman–Crippen MR) is 114 cm³/mol. The molecule has 144 valence electrons. The van der Waals surface area contributed by atoms with Crippen LogP contribution >= 0.6 is 0 Å². The molecule has 4 rings (SSSR count).